The minimum absolute atomic E-state index is 0.599. The molecular formula is C57H35N5. The molecule has 2 heterocycles. The van der Waals surface area contributed by atoms with Gasteiger partial charge >= 0.3 is 0 Å². The summed E-state index contributed by atoms with van der Waals surface area (Å²) in [5, 5.41) is 5.56. The minimum Gasteiger partial charge on any atom is -0.256 e. The lowest BCUT2D eigenvalue weighted by atomic mass is 9.86. The fraction of sp³-hybridized carbons (Fsp3) is 0. The van der Waals surface area contributed by atoms with Crippen LogP contribution in [0.5, 0.6) is 0 Å². The summed E-state index contributed by atoms with van der Waals surface area (Å²) in [6.45, 7) is 8.38. The molecular weight excluding hydrogens is 755 g/mol. The van der Waals surface area contributed by atoms with Gasteiger partial charge in [0.15, 0.2) is 17.5 Å². The van der Waals surface area contributed by atoms with Crippen LogP contribution in [0.1, 0.15) is 0 Å². The Bertz CT molecular complexity index is 3390. The Hall–Kier alpha value is -8.59. The van der Waals surface area contributed by atoms with E-state index in [1.807, 2.05) is 109 Å². The van der Waals surface area contributed by atoms with Crippen molar-refractivity contribution in [2.75, 3.05) is 0 Å². The molecule has 0 atom stereocenters. The van der Waals surface area contributed by atoms with Gasteiger partial charge in [0.2, 0.25) is 5.69 Å². The summed E-state index contributed by atoms with van der Waals surface area (Å²) in [6, 6.07) is 70.9. The molecule has 0 aliphatic heterocycles. The smallest absolute Gasteiger partial charge is 0.202 e. The van der Waals surface area contributed by atoms with Gasteiger partial charge in [0, 0.05) is 33.8 Å². The van der Waals surface area contributed by atoms with Gasteiger partial charge in [-0.15, -0.1) is 0 Å². The topological polar surface area (TPSA) is 55.9 Å². The Morgan fingerprint density at radius 2 is 0.758 bits per heavy atom. The molecule has 0 radical (unpaired) electrons. The molecule has 0 spiro atoms. The first kappa shape index (κ1) is 36.5. The van der Waals surface area contributed by atoms with E-state index in [2.05, 4.69) is 108 Å². The molecule has 0 saturated carbocycles. The molecule has 11 rings (SSSR count). The van der Waals surface area contributed by atoms with Crippen molar-refractivity contribution in [3.8, 4) is 78.7 Å². The number of pyridine rings is 1. The summed E-state index contributed by atoms with van der Waals surface area (Å²) in [4.78, 5) is 24.2. The second-order valence-corrected chi connectivity index (χ2v) is 15.3. The van der Waals surface area contributed by atoms with Crippen molar-refractivity contribution in [1.82, 2.24) is 19.9 Å². The van der Waals surface area contributed by atoms with Gasteiger partial charge < -0.3 is 0 Å². The van der Waals surface area contributed by atoms with Crippen LogP contribution in [0.15, 0.2) is 212 Å². The quantitative estimate of drug-likeness (QED) is 0.119. The first-order chi connectivity index (χ1) is 30.7. The lowest BCUT2D eigenvalue weighted by Gasteiger charge is -2.18. The maximum Gasteiger partial charge on any atom is 0.202 e. The maximum atomic E-state index is 8.38. The van der Waals surface area contributed by atoms with Crippen molar-refractivity contribution in [3.63, 3.8) is 0 Å². The number of aromatic nitrogens is 4. The Labute approximate surface area is 359 Å². The zero-order valence-corrected chi connectivity index (χ0v) is 33.4. The number of hydrogen-bond donors (Lipinski definition) is 0. The number of nitrogens with zero attached hydrogens (tertiary/aromatic N) is 5. The third kappa shape index (κ3) is 6.53. The van der Waals surface area contributed by atoms with Gasteiger partial charge in [-0.25, -0.2) is 19.8 Å². The second-order valence-electron chi connectivity index (χ2n) is 15.3. The van der Waals surface area contributed by atoms with Gasteiger partial charge in [0.05, 0.1) is 12.1 Å². The van der Waals surface area contributed by atoms with E-state index >= 15 is 0 Å². The van der Waals surface area contributed by atoms with Crippen molar-refractivity contribution < 1.29 is 0 Å². The number of fused-ring (bicyclic) bond motifs is 5. The van der Waals surface area contributed by atoms with Crippen LogP contribution in [-0.2, 0) is 0 Å². The van der Waals surface area contributed by atoms with Gasteiger partial charge in [-0.05, 0) is 84.8 Å². The maximum absolute atomic E-state index is 8.38. The summed E-state index contributed by atoms with van der Waals surface area (Å²) < 4.78 is 0. The predicted molar refractivity (Wildman–Crippen MR) is 254 cm³/mol. The van der Waals surface area contributed by atoms with E-state index in [0.29, 0.717) is 23.2 Å². The molecule has 0 unspecified atom stereocenters. The van der Waals surface area contributed by atoms with Gasteiger partial charge in [-0.2, -0.15) is 0 Å². The number of hydrogen-bond acceptors (Lipinski definition) is 4. The molecule has 9 aromatic carbocycles. The first-order valence-corrected chi connectivity index (χ1v) is 20.6. The summed E-state index contributed by atoms with van der Waals surface area (Å²) in [5.41, 5.74) is 12.3. The Morgan fingerprint density at radius 1 is 0.306 bits per heavy atom. The molecule has 11 aromatic rings. The minimum atomic E-state index is 0.599. The lowest BCUT2D eigenvalue weighted by Crippen LogP contribution is -2.00. The fourth-order valence-corrected chi connectivity index (χ4v) is 8.63. The highest BCUT2D eigenvalue weighted by molar-refractivity contribution is 6.23. The first-order valence-electron chi connectivity index (χ1n) is 20.6. The molecule has 0 bridgehead atoms. The van der Waals surface area contributed by atoms with Crippen LogP contribution in [0.25, 0.3) is 116 Å². The van der Waals surface area contributed by atoms with Crippen LogP contribution < -0.4 is 0 Å². The molecule has 0 fully saturated rings. The fourth-order valence-electron chi connectivity index (χ4n) is 8.63. The molecule has 0 saturated heterocycles. The third-order valence-electron chi connectivity index (χ3n) is 11.6. The van der Waals surface area contributed by atoms with Crippen molar-refractivity contribution in [1.29, 1.82) is 0 Å². The molecule has 2 aromatic heterocycles. The number of benzene rings is 9. The lowest BCUT2D eigenvalue weighted by molar-refractivity contribution is 1.07. The van der Waals surface area contributed by atoms with Gasteiger partial charge in [-0.1, -0.05) is 182 Å². The highest BCUT2D eigenvalue weighted by Gasteiger charge is 2.20. The molecule has 0 aliphatic rings. The van der Waals surface area contributed by atoms with E-state index in [-0.39, 0.29) is 0 Å². The van der Waals surface area contributed by atoms with E-state index in [0.717, 1.165) is 93.6 Å². The molecule has 0 aliphatic carbocycles. The Balaban J connectivity index is 1.12. The van der Waals surface area contributed by atoms with E-state index in [1.54, 1.807) is 0 Å². The molecule has 0 N–H and O–H groups in total. The van der Waals surface area contributed by atoms with E-state index in [9.17, 15) is 0 Å². The standard InChI is InChI=1S/C57H35N5/c1-58-53-48(37-18-6-2-7-19-37)33-43(34-49(53)38-20-8-3-9-21-38)47-35-52-46-30-17-31-59-54(46)50(36-51(52)45-29-15-14-28-44(45)47)41-26-16-27-42(32-41)57-61-55(39-22-10-4-11-23-39)60-56(62-57)40-24-12-5-13-25-40/h2-36H. The van der Waals surface area contributed by atoms with Crippen molar-refractivity contribution >= 4 is 38.1 Å². The average molecular weight is 790 g/mol. The van der Waals surface area contributed by atoms with Crippen molar-refractivity contribution in [3.05, 3.63) is 224 Å². The second kappa shape index (κ2) is 15.5. The van der Waals surface area contributed by atoms with Crippen LogP contribution in [-0.4, -0.2) is 19.9 Å². The zero-order chi connectivity index (χ0) is 41.4. The van der Waals surface area contributed by atoms with Crippen LogP contribution in [0.4, 0.5) is 5.69 Å². The Morgan fingerprint density at radius 3 is 1.34 bits per heavy atom. The van der Waals surface area contributed by atoms with Crippen LogP contribution in [0, 0.1) is 6.57 Å². The molecule has 0 amide bonds. The van der Waals surface area contributed by atoms with E-state index < -0.39 is 0 Å². The van der Waals surface area contributed by atoms with Gasteiger partial charge in [-0.3, -0.25) is 4.98 Å². The third-order valence-corrected chi connectivity index (χ3v) is 11.6. The summed E-state index contributed by atoms with van der Waals surface area (Å²) in [5.74, 6) is 1.84. The van der Waals surface area contributed by atoms with Crippen LogP contribution in [0.3, 0.4) is 0 Å². The van der Waals surface area contributed by atoms with Crippen molar-refractivity contribution in [2.45, 2.75) is 0 Å². The van der Waals surface area contributed by atoms with Crippen LogP contribution >= 0.6 is 0 Å². The van der Waals surface area contributed by atoms with E-state index in [4.69, 9.17) is 26.5 Å². The summed E-state index contributed by atoms with van der Waals surface area (Å²) in [6.07, 6.45) is 1.87. The molecule has 288 valence electrons. The zero-order valence-electron chi connectivity index (χ0n) is 33.4. The Kier molecular flexibility index (Phi) is 9.15. The SMILES string of the molecule is [C-]#[N+]c1c(-c2ccccc2)cc(-c2cc3c4cccnc4c(-c4cccc(-c5nc(-c6ccccc6)nc(-c6ccccc6)n5)c4)cc3c3ccccc23)cc1-c1ccccc1. The summed E-state index contributed by atoms with van der Waals surface area (Å²) in [7, 11) is 0. The predicted octanol–water partition coefficient (Wildman–Crippen LogP) is 14.9. The normalized spacial score (nSPS) is 11.2. The average Bonchev–Trinajstić information content (AvgIpc) is 3.36. The highest BCUT2D eigenvalue weighted by atomic mass is 15.0. The highest BCUT2D eigenvalue weighted by Crippen LogP contribution is 2.46. The largest absolute Gasteiger partial charge is 0.256 e. The summed E-state index contributed by atoms with van der Waals surface area (Å²) >= 11 is 0. The molecule has 5 heteroatoms. The van der Waals surface area contributed by atoms with Crippen molar-refractivity contribution in [2.24, 2.45) is 0 Å². The molecule has 62 heavy (non-hydrogen) atoms. The van der Waals surface area contributed by atoms with Gasteiger partial charge in [0.1, 0.15) is 0 Å². The van der Waals surface area contributed by atoms with Gasteiger partial charge in [0.25, 0.3) is 0 Å². The van der Waals surface area contributed by atoms with E-state index in [1.165, 1.54) is 0 Å². The monoisotopic (exact) mass is 789 g/mol. The van der Waals surface area contributed by atoms with Crippen LogP contribution in [0.2, 0.25) is 0 Å². The number of rotatable bonds is 7. The molecule has 5 nitrogen and oxygen atoms in total.